The number of anilines is 1. The SMILES string of the molecule is O=C(Nc1ccccc1)c1ccc(Cl)c(S(=O)(=O)Cl)c1. The van der Waals surface area contributed by atoms with E-state index in [-0.39, 0.29) is 15.5 Å². The molecular formula is C13H9Cl2NO3S. The van der Waals surface area contributed by atoms with Gasteiger partial charge in [-0.25, -0.2) is 8.42 Å². The second kappa shape index (κ2) is 5.83. The largest absolute Gasteiger partial charge is 0.322 e. The molecule has 0 aliphatic heterocycles. The average molecular weight is 330 g/mol. The fourth-order valence-corrected chi connectivity index (χ4v) is 3.05. The topological polar surface area (TPSA) is 63.2 Å². The van der Waals surface area contributed by atoms with Crippen LogP contribution >= 0.6 is 22.3 Å². The van der Waals surface area contributed by atoms with Gasteiger partial charge in [0, 0.05) is 21.9 Å². The van der Waals surface area contributed by atoms with Gasteiger partial charge in [0.05, 0.1) is 5.02 Å². The van der Waals surface area contributed by atoms with Gasteiger partial charge in [-0.2, -0.15) is 0 Å². The maximum atomic E-state index is 12.0. The van der Waals surface area contributed by atoms with E-state index in [1.54, 1.807) is 24.3 Å². The summed E-state index contributed by atoms with van der Waals surface area (Å²) in [5.74, 6) is -0.450. The fourth-order valence-electron chi connectivity index (χ4n) is 1.56. The van der Waals surface area contributed by atoms with E-state index in [0.29, 0.717) is 5.69 Å². The summed E-state index contributed by atoms with van der Waals surface area (Å²) in [5.41, 5.74) is 0.750. The van der Waals surface area contributed by atoms with E-state index in [0.717, 1.165) is 6.07 Å². The first-order valence-electron chi connectivity index (χ1n) is 5.48. The third-order valence-electron chi connectivity index (χ3n) is 2.49. The molecule has 0 saturated heterocycles. The summed E-state index contributed by atoms with van der Waals surface area (Å²) < 4.78 is 22.7. The number of halogens is 2. The van der Waals surface area contributed by atoms with E-state index in [9.17, 15) is 13.2 Å². The normalized spacial score (nSPS) is 11.1. The number of carbonyl (C=O) groups is 1. The minimum absolute atomic E-state index is 0.0312. The second-order valence-corrected chi connectivity index (χ2v) is 6.84. The van der Waals surface area contributed by atoms with Crippen molar-refractivity contribution >= 4 is 42.9 Å². The summed E-state index contributed by atoms with van der Waals surface area (Å²) in [6.07, 6.45) is 0. The molecule has 0 radical (unpaired) electrons. The molecule has 0 saturated carbocycles. The van der Waals surface area contributed by atoms with Crippen LogP contribution in [0.4, 0.5) is 5.69 Å². The number of amides is 1. The summed E-state index contributed by atoms with van der Waals surface area (Å²) >= 11 is 5.75. The molecule has 104 valence electrons. The van der Waals surface area contributed by atoms with Crippen LogP contribution in [0.25, 0.3) is 0 Å². The molecule has 0 aromatic heterocycles. The molecule has 20 heavy (non-hydrogen) atoms. The molecule has 0 heterocycles. The van der Waals surface area contributed by atoms with Crippen molar-refractivity contribution in [3.8, 4) is 0 Å². The molecule has 2 aromatic carbocycles. The Morgan fingerprint density at radius 2 is 1.70 bits per heavy atom. The Labute approximate surface area is 125 Å². The van der Waals surface area contributed by atoms with Crippen LogP contribution in [0.1, 0.15) is 10.4 Å². The van der Waals surface area contributed by atoms with Crippen molar-refractivity contribution in [2.45, 2.75) is 4.90 Å². The van der Waals surface area contributed by atoms with E-state index in [4.69, 9.17) is 22.3 Å². The first kappa shape index (κ1) is 14.8. The minimum atomic E-state index is -4.00. The Morgan fingerprint density at radius 3 is 2.30 bits per heavy atom. The zero-order valence-electron chi connectivity index (χ0n) is 10.0. The number of rotatable bonds is 3. The fraction of sp³-hybridized carbons (Fsp3) is 0. The summed E-state index contributed by atoms with van der Waals surface area (Å²) in [6.45, 7) is 0. The highest BCUT2D eigenvalue weighted by atomic mass is 35.7. The Hall–Kier alpha value is -1.56. The van der Waals surface area contributed by atoms with Crippen molar-refractivity contribution in [2.24, 2.45) is 0 Å². The zero-order valence-corrected chi connectivity index (χ0v) is 12.3. The van der Waals surface area contributed by atoms with E-state index in [2.05, 4.69) is 5.32 Å². The van der Waals surface area contributed by atoms with Crippen LogP contribution in [0.5, 0.6) is 0 Å². The molecule has 0 fully saturated rings. The lowest BCUT2D eigenvalue weighted by molar-refractivity contribution is 0.102. The van der Waals surface area contributed by atoms with Crippen LogP contribution in [0, 0.1) is 0 Å². The van der Waals surface area contributed by atoms with Gasteiger partial charge in [0.25, 0.3) is 15.0 Å². The number of carbonyl (C=O) groups excluding carboxylic acids is 1. The average Bonchev–Trinajstić information content (AvgIpc) is 2.39. The van der Waals surface area contributed by atoms with E-state index in [1.165, 1.54) is 12.1 Å². The maximum Gasteiger partial charge on any atom is 0.262 e. The van der Waals surface area contributed by atoms with Crippen molar-refractivity contribution < 1.29 is 13.2 Å². The van der Waals surface area contributed by atoms with Crippen molar-refractivity contribution in [1.82, 2.24) is 0 Å². The minimum Gasteiger partial charge on any atom is -0.322 e. The molecule has 0 atom stereocenters. The smallest absolute Gasteiger partial charge is 0.262 e. The standard InChI is InChI=1S/C13H9Cl2NO3S/c14-11-7-6-9(8-12(11)20(15,18)19)13(17)16-10-4-2-1-3-5-10/h1-8H,(H,16,17). The highest BCUT2D eigenvalue weighted by Gasteiger charge is 2.17. The molecule has 0 spiro atoms. The predicted octanol–water partition coefficient (Wildman–Crippen LogP) is 3.52. The summed E-state index contributed by atoms with van der Waals surface area (Å²) in [5, 5.41) is 2.61. The molecular weight excluding hydrogens is 321 g/mol. The summed E-state index contributed by atoms with van der Waals surface area (Å²) in [7, 11) is 1.25. The van der Waals surface area contributed by atoms with Crippen molar-refractivity contribution in [2.75, 3.05) is 5.32 Å². The van der Waals surface area contributed by atoms with E-state index in [1.807, 2.05) is 6.07 Å². The van der Waals surface area contributed by atoms with Crippen LogP contribution in [0.3, 0.4) is 0 Å². The Kier molecular flexibility index (Phi) is 4.32. The predicted molar refractivity (Wildman–Crippen MR) is 78.9 cm³/mol. The molecule has 2 rings (SSSR count). The second-order valence-electron chi connectivity index (χ2n) is 3.90. The quantitative estimate of drug-likeness (QED) is 0.876. The monoisotopic (exact) mass is 329 g/mol. The molecule has 1 N–H and O–H groups in total. The molecule has 0 unspecified atom stereocenters. The lowest BCUT2D eigenvalue weighted by atomic mass is 10.2. The third-order valence-corrected chi connectivity index (χ3v) is 4.29. The molecule has 0 bridgehead atoms. The Balaban J connectivity index is 2.32. The van der Waals surface area contributed by atoms with Gasteiger partial charge in [0.1, 0.15) is 4.90 Å². The van der Waals surface area contributed by atoms with Crippen LogP contribution in [0.2, 0.25) is 5.02 Å². The zero-order chi connectivity index (χ0) is 14.8. The van der Waals surface area contributed by atoms with Gasteiger partial charge >= 0.3 is 0 Å². The molecule has 0 aliphatic rings. The van der Waals surface area contributed by atoms with Gasteiger partial charge in [0.15, 0.2) is 0 Å². The first-order chi connectivity index (χ1) is 9.38. The lowest BCUT2D eigenvalue weighted by Crippen LogP contribution is -2.12. The number of para-hydroxylation sites is 1. The van der Waals surface area contributed by atoms with Crippen LogP contribution < -0.4 is 5.32 Å². The van der Waals surface area contributed by atoms with Crippen LogP contribution in [-0.2, 0) is 9.05 Å². The van der Waals surface area contributed by atoms with Gasteiger partial charge in [-0.15, -0.1) is 0 Å². The maximum absolute atomic E-state index is 12.0. The van der Waals surface area contributed by atoms with Gasteiger partial charge in [-0.3, -0.25) is 4.79 Å². The van der Waals surface area contributed by atoms with Gasteiger partial charge in [-0.1, -0.05) is 29.8 Å². The van der Waals surface area contributed by atoms with Crippen molar-refractivity contribution in [3.63, 3.8) is 0 Å². The number of hydrogen-bond donors (Lipinski definition) is 1. The molecule has 7 heteroatoms. The highest BCUT2D eigenvalue weighted by Crippen LogP contribution is 2.26. The highest BCUT2D eigenvalue weighted by molar-refractivity contribution is 8.13. The lowest BCUT2D eigenvalue weighted by Gasteiger charge is -2.07. The summed E-state index contributed by atoms with van der Waals surface area (Å²) in [4.78, 5) is 11.7. The summed E-state index contributed by atoms with van der Waals surface area (Å²) in [6, 6.07) is 12.7. The first-order valence-corrected chi connectivity index (χ1v) is 8.17. The van der Waals surface area contributed by atoms with Gasteiger partial charge in [-0.05, 0) is 30.3 Å². The Bertz CT molecular complexity index is 745. The van der Waals surface area contributed by atoms with Gasteiger partial charge in [0.2, 0.25) is 0 Å². The van der Waals surface area contributed by atoms with Crippen molar-refractivity contribution in [1.29, 1.82) is 0 Å². The molecule has 4 nitrogen and oxygen atoms in total. The van der Waals surface area contributed by atoms with Crippen LogP contribution in [0.15, 0.2) is 53.4 Å². The molecule has 0 aliphatic carbocycles. The van der Waals surface area contributed by atoms with E-state index < -0.39 is 15.0 Å². The number of hydrogen-bond acceptors (Lipinski definition) is 3. The van der Waals surface area contributed by atoms with Crippen LogP contribution in [-0.4, -0.2) is 14.3 Å². The van der Waals surface area contributed by atoms with E-state index >= 15 is 0 Å². The Morgan fingerprint density at radius 1 is 1.05 bits per heavy atom. The number of nitrogens with one attached hydrogen (secondary N) is 1. The molecule has 1 amide bonds. The molecule has 2 aromatic rings. The van der Waals surface area contributed by atoms with Crippen molar-refractivity contribution in [3.05, 3.63) is 59.1 Å². The number of benzene rings is 2. The third kappa shape index (κ3) is 3.50. The van der Waals surface area contributed by atoms with Gasteiger partial charge < -0.3 is 5.32 Å².